The highest BCUT2D eigenvalue weighted by Gasteiger charge is 2.45. The van der Waals surface area contributed by atoms with Gasteiger partial charge >= 0.3 is 15.5 Å². The molecule has 0 aliphatic rings. The standard InChI is InChI=1S/C10H13F3N2O2S/c11-10(12,13)18(16,17)15-7-6-9(14)8-4-2-1-3-5-8/h1-5,9,15H,6-7,14H2. The molecule has 0 amide bonds. The molecule has 1 unspecified atom stereocenters. The zero-order valence-corrected chi connectivity index (χ0v) is 10.1. The predicted octanol–water partition coefficient (Wildman–Crippen LogP) is 1.52. The fraction of sp³-hybridized carbons (Fsp3) is 0.400. The van der Waals surface area contributed by atoms with Crippen molar-refractivity contribution in [1.29, 1.82) is 0 Å². The molecule has 1 aromatic carbocycles. The van der Waals surface area contributed by atoms with Gasteiger partial charge in [0, 0.05) is 12.6 Å². The molecule has 0 aliphatic heterocycles. The van der Waals surface area contributed by atoms with Gasteiger partial charge in [0.15, 0.2) is 0 Å². The summed E-state index contributed by atoms with van der Waals surface area (Å²) < 4.78 is 58.9. The van der Waals surface area contributed by atoms with E-state index in [1.807, 2.05) is 0 Å². The number of nitrogens with two attached hydrogens (primary N) is 1. The van der Waals surface area contributed by atoms with Crippen LogP contribution in [0.5, 0.6) is 0 Å². The van der Waals surface area contributed by atoms with Gasteiger partial charge in [0.1, 0.15) is 0 Å². The summed E-state index contributed by atoms with van der Waals surface area (Å²) in [5, 5.41) is 0. The highest BCUT2D eigenvalue weighted by atomic mass is 32.2. The van der Waals surface area contributed by atoms with Crippen LogP contribution < -0.4 is 10.5 Å². The lowest BCUT2D eigenvalue weighted by Crippen LogP contribution is -2.37. The molecule has 18 heavy (non-hydrogen) atoms. The highest BCUT2D eigenvalue weighted by Crippen LogP contribution is 2.21. The normalized spacial score (nSPS) is 14.4. The first kappa shape index (κ1) is 14.9. The number of benzene rings is 1. The van der Waals surface area contributed by atoms with Crippen molar-refractivity contribution in [3.8, 4) is 0 Å². The average Bonchev–Trinajstić information content (AvgIpc) is 2.28. The number of halogens is 3. The van der Waals surface area contributed by atoms with Crippen LogP contribution >= 0.6 is 0 Å². The summed E-state index contributed by atoms with van der Waals surface area (Å²) in [5.74, 6) is 0. The van der Waals surface area contributed by atoms with Crippen LogP contribution in [0, 0.1) is 0 Å². The number of sulfonamides is 1. The third kappa shape index (κ3) is 3.97. The molecule has 8 heteroatoms. The molecule has 1 atom stereocenters. The molecule has 102 valence electrons. The Kier molecular flexibility index (Phi) is 4.71. The summed E-state index contributed by atoms with van der Waals surface area (Å²) in [6, 6.07) is 8.21. The van der Waals surface area contributed by atoms with Crippen LogP contribution in [-0.4, -0.2) is 20.5 Å². The Morgan fingerprint density at radius 1 is 1.22 bits per heavy atom. The number of hydrogen-bond acceptors (Lipinski definition) is 3. The molecule has 0 saturated carbocycles. The van der Waals surface area contributed by atoms with Gasteiger partial charge in [-0.05, 0) is 12.0 Å². The van der Waals surface area contributed by atoms with Gasteiger partial charge in [-0.25, -0.2) is 13.1 Å². The summed E-state index contributed by atoms with van der Waals surface area (Å²) in [6.45, 7) is -0.363. The molecule has 0 bridgehead atoms. The largest absolute Gasteiger partial charge is 0.511 e. The number of rotatable bonds is 5. The molecule has 1 rings (SSSR count). The average molecular weight is 282 g/mol. The summed E-state index contributed by atoms with van der Waals surface area (Å²) >= 11 is 0. The van der Waals surface area contributed by atoms with Crippen LogP contribution in [0.4, 0.5) is 13.2 Å². The topological polar surface area (TPSA) is 72.2 Å². The first-order valence-electron chi connectivity index (χ1n) is 5.10. The minimum absolute atomic E-state index is 0.0827. The Bertz CT molecular complexity index is 474. The van der Waals surface area contributed by atoms with Crippen molar-refractivity contribution in [2.75, 3.05) is 6.54 Å². The van der Waals surface area contributed by atoms with Crippen molar-refractivity contribution in [1.82, 2.24) is 4.72 Å². The van der Waals surface area contributed by atoms with Crippen molar-refractivity contribution in [3.63, 3.8) is 0 Å². The van der Waals surface area contributed by atoms with Crippen LogP contribution in [0.2, 0.25) is 0 Å². The van der Waals surface area contributed by atoms with Gasteiger partial charge in [0.05, 0.1) is 0 Å². The Hall–Kier alpha value is -1.12. The first-order chi connectivity index (χ1) is 8.24. The van der Waals surface area contributed by atoms with Crippen molar-refractivity contribution < 1.29 is 21.6 Å². The van der Waals surface area contributed by atoms with Crippen LogP contribution in [0.15, 0.2) is 30.3 Å². The predicted molar refractivity (Wildman–Crippen MR) is 61.0 cm³/mol. The monoisotopic (exact) mass is 282 g/mol. The molecule has 0 radical (unpaired) electrons. The van der Waals surface area contributed by atoms with Gasteiger partial charge in [-0.15, -0.1) is 0 Å². The lowest BCUT2D eigenvalue weighted by atomic mass is 10.1. The maximum atomic E-state index is 12.0. The number of hydrogen-bond donors (Lipinski definition) is 2. The molecule has 0 fully saturated rings. The molecule has 1 aromatic rings. The molecular formula is C10H13F3N2O2S. The van der Waals surface area contributed by atoms with E-state index in [-0.39, 0.29) is 13.0 Å². The van der Waals surface area contributed by atoms with Crippen molar-refractivity contribution in [2.24, 2.45) is 5.73 Å². The van der Waals surface area contributed by atoms with Gasteiger partial charge in [-0.2, -0.15) is 13.2 Å². The van der Waals surface area contributed by atoms with Crippen molar-refractivity contribution in [2.45, 2.75) is 18.0 Å². The molecule has 0 aliphatic carbocycles. The van der Waals surface area contributed by atoms with E-state index in [9.17, 15) is 21.6 Å². The highest BCUT2D eigenvalue weighted by molar-refractivity contribution is 7.90. The maximum Gasteiger partial charge on any atom is 0.511 e. The molecule has 4 nitrogen and oxygen atoms in total. The quantitative estimate of drug-likeness (QED) is 0.860. The number of alkyl halides is 3. The lowest BCUT2D eigenvalue weighted by Gasteiger charge is -2.13. The molecule has 0 spiro atoms. The van der Waals surface area contributed by atoms with Crippen LogP contribution in [0.3, 0.4) is 0 Å². The zero-order chi connectivity index (χ0) is 13.8. The Labute approximate surface area is 103 Å². The van der Waals surface area contributed by atoms with E-state index in [2.05, 4.69) is 0 Å². The maximum absolute atomic E-state index is 12.0. The van der Waals surface area contributed by atoms with Crippen LogP contribution in [-0.2, 0) is 10.0 Å². The molecule has 0 aromatic heterocycles. The van der Waals surface area contributed by atoms with E-state index in [1.165, 1.54) is 4.72 Å². The summed E-state index contributed by atoms with van der Waals surface area (Å²) in [7, 11) is -5.28. The lowest BCUT2D eigenvalue weighted by molar-refractivity contribution is -0.0447. The van der Waals surface area contributed by atoms with Gasteiger partial charge in [0.2, 0.25) is 0 Å². The van der Waals surface area contributed by atoms with Gasteiger partial charge in [-0.3, -0.25) is 0 Å². The minimum atomic E-state index is -5.29. The summed E-state index contributed by atoms with van der Waals surface area (Å²) in [4.78, 5) is 0. The van der Waals surface area contributed by atoms with E-state index >= 15 is 0 Å². The van der Waals surface area contributed by atoms with Crippen molar-refractivity contribution in [3.05, 3.63) is 35.9 Å². The molecule has 0 heterocycles. The van der Waals surface area contributed by atoms with Crippen molar-refractivity contribution >= 4 is 10.0 Å². The van der Waals surface area contributed by atoms with Crippen LogP contribution in [0.25, 0.3) is 0 Å². The fourth-order valence-corrected chi connectivity index (χ4v) is 1.85. The Morgan fingerprint density at radius 3 is 2.28 bits per heavy atom. The molecular weight excluding hydrogens is 269 g/mol. The van der Waals surface area contributed by atoms with Gasteiger partial charge in [-0.1, -0.05) is 30.3 Å². The first-order valence-corrected chi connectivity index (χ1v) is 6.59. The number of nitrogens with one attached hydrogen (secondary N) is 1. The Morgan fingerprint density at radius 2 is 1.78 bits per heavy atom. The second-order valence-corrected chi connectivity index (χ2v) is 5.41. The fourth-order valence-electron chi connectivity index (χ4n) is 1.30. The second kappa shape index (κ2) is 5.68. The van der Waals surface area contributed by atoms with E-state index in [0.717, 1.165) is 5.56 Å². The van der Waals surface area contributed by atoms with Gasteiger partial charge < -0.3 is 5.73 Å². The van der Waals surface area contributed by atoms with Crippen LogP contribution in [0.1, 0.15) is 18.0 Å². The van der Waals surface area contributed by atoms with E-state index < -0.39 is 21.6 Å². The summed E-state index contributed by atoms with van der Waals surface area (Å²) in [6.07, 6.45) is 0.0827. The SMILES string of the molecule is NC(CCNS(=O)(=O)C(F)(F)F)c1ccccc1. The third-order valence-electron chi connectivity index (χ3n) is 2.28. The Balaban J connectivity index is 2.49. The van der Waals surface area contributed by atoms with E-state index in [4.69, 9.17) is 5.73 Å². The van der Waals surface area contributed by atoms with E-state index in [0.29, 0.717) is 0 Å². The second-order valence-electron chi connectivity index (χ2n) is 3.65. The minimum Gasteiger partial charge on any atom is -0.324 e. The smallest absolute Gasteiger partial charge is 0.324 e. The third-order valence-corrected chi connectivity index (χ3v) is 3.47. The molecule has 3 N–H and O–H groups in total. The van der Waals surface area contributed by atoms with E-state index in [1.54, 1.807) is 30.3 Å². The summed E-state index contributed by atoms with van der Waals surface area (Å²) in [5.41, 5.74) is 1.17. The van der Waals surface area contributed by atoms with Gasteiger partial charge in [0.25, 0.3) is 0 Å². The zero-order valence-electron chi connectivity index (χ0n) is 9.31. The molecule has 0 saturated heterocycles.